The zero-order valence-corrected chi connectivity index (χ0v) is 16.1. The van der Waals surface area contributed by atoms with E-state index in [1.807, 2.05) is 0 Å². The second-order valence-electron chi connectivity index (χ2n) is 6.17. The van der Waals surface area contributed by atoms with Gasteiger partial charge in [-0.15, -0.1) is 0 Å². The van der Waals surface area contributed by atoms with Crippen LogP contribution in [0, 0.1) is 0 Å². The van der Waals surface area contributed by atoms with Crippen LogP contribution in [0.2, 0.25) is 0 Å². The monoisotopic (exact) mass is 455 g/mol. The highest BCUT2D eigenvalue weighted by atomic mass is 32.2. The molecular formula is C18H15F6NO4S. The first-order valence-electron chi connectivity index (χ1n) is 8.25. The number of sulfone groups is 1. The van der Waals surface area contributed by atoms with Gasteiger partial charge in [0.1, 0.15) is 11.5 Å². The van der Waals surface area contributed by atoms with Gasteiger partial charge in [-0.05, 0) is 42.0 Å². The highest BCUT2D eigenvalue weighted by Gasteiger charge is 2.36. The van der Waals surface area contributed by atoms with Gasteiger partial charge in [0.05, 0.1) is 28.2 Å². The minimum absolute atomic E-state index is 0.217. The summed E-state index contributed by atoms with van der Waals surface area (Å²) in [6.45, 7) is 1.25. The van der Waals surface area contributed by atoms with Crippen molar-refractivity contribution in [2.24, 2.45) is 5.73 Å². The van der Waals surface area contributed by atoms with Crippen LogP contribution in [0.15, 0.2) is 41.3 Å². The van der Waals surface area contributed by atoms with Crippen molar-refractivity contribution in [3.63, 3.8) is 0 Å². The molecule has 5 nitrogen and oxygen atoms in total. The number of benzene rings is 2. The van der Waals surface area contributed by atoms with Crippen molar-refractivity contribution < 1.29 is 44.3 Å². The molecule has 0 aromatic heterocycles. The fraction of sp³-hybridized carbons (Fsp3) is 0.278. The Balaban J connectivity index is 2.59. The van der Waals surface area contributed by atoms with Crippen LogP contribution in [-0.2, 0) is 33.4 Å². The number of hydrogen-bond acceptors (Lipinski definition) is 4. The number of primary amides is 1. The molecule has 0 bridgehead atoms. The molecule has 12 heteroatoms. The maximum atomic E-state index is 13.4. The molecule has 0 unspecified atom stereocenters. The Morgan fingerprint density at radius 3 is 2.13 bits per heavy atom. The Morgan fingerprint density at radius 1 is 1.00 bits per heavy atom. The second kappa shape index (κ2) is 8.17. The van der Waals surface area contributed by atoms with Crippen LogP contribution in [0.25, 0.3) is 0 Å². The number of carbonyl (C=O) groups excluding carboxylic acids is 1. The zero-order valence-electron chi connectivity index (χ0n) is 15.3. The molecule has 0 heterocycles. The van der Waals surface area contributed by atoms with E-state index in [1.165, 1.54) is 6.92 Å². The summed E-state index contributed by atoms with van der Waals surface area (Å²) < 4.78 is 108. The minimum atomic E-state index is -5.05. The van der Waals surface area contributed by atoms with Gasteiger partial charge in [0, 0.05) is 0 Å². The van der Waals surface area contributed by atoms with E-state index >= 15 is 0 Å². The molecule has 0 fully saturated rings. The summed E-state index contributed by atoms with van der Waals surface area (Å²) in [6.07, 6.45) is -10.5. The van der Waals surface area contributed by atoms with Gasteiger partial charge in [0.2, 0.25) is 5.91 Å². The van der Waals surface area contributed by atoms with Crippen LogP contribution in [0.5, 0.6) is 11.5 Å². The average molecular weight is 455 g/mol. The molecule has 2 aromatic rings. The maximum absolute atomic E-state index is 13.4. The van der Waals surface area contributed by atoms with Crippen molar-refractivity contribution in [1.29, 1.82) is 0 Å². The summed E-state index contributed by atoms with van der Waals surface area (Å²) in [5.41, 5.74) is 2.02. The molecule has 164 valence electrons. The standard InChI is InChI=1S/C18H15F6NO4S/c1-2-30(27,28)13-3-4-15(14(9-13)18(22,23)24)29-12-6-10(7-16(25)26)5-11(8-12)17(19,20)21/h3-6,8-9H,2,7H2,1H3,(H2,25,26). The molecule has 2 rings (SSSR count). The molecule has 0 radical (unpaired) electrons. The Kier molecular flexibility index (Phi) is 6.40. The number of alkyl halides is 6. The lowest BCUT2D eigenvalue weighted by Gasteiger charge is -2.17. The van der Waals surface area contributed by atoms with Crippen LogP contribution in [0.4, 0.5) is 26.3 Å². The Bertz CT molecular complexity index is 1060. The molecular weight excluding hydrogens is 440 g/mol. The Morgan fingerprint density at radius 2 is 1.63 bits per heavy atom. The summed E-state index contributed by atoms with van der Waals surface area (Å²) in [4.78, 5) is 10.4. The largest absolute Gasteiger partial charge is 0.457 e. The average Bonchev–Trinajstić information content (AvgIpc) is 2.59. The molecule has 2 N–H and O–H groups in total. The molecule has 30 heavy (non-hydrogen) atoms. The maximum Gasteiger partial charge on any atom is 0.420 e. The molecule has 1 amide bonds. The summed E-state index contributed by atoms with van der Waals surface area (Å²) >= 11 is 0. The van der Waals surface area contributed by atoms with Gasteiger partial charge in [-0.1, -0.05) is 6.92 Å². The third kappa shape index (κ3) is 5.65. The minimum Gasteiger partial charge on any atom is -0.457 e. The van der Waals surface area contributed by atoms with Crippen LogP contribution in [0.1, 0.15) is 23.6 Å². The van der Waals surface area contributed by atoms with Gasteiger partial charge in [0.15, 0.2) is 9.84 Å². The molecule has 0 spiro atoms. The summed E-state index contributed by atoms with van der Waals surface area (Å²) in [5.74, 6) is -2.93. The van der Waals surface area contributed by atoms with Gasteiger partial charge in [0.25, 0.3) is 0 Å². The molecule has 0 saturated carbocycles. The molecule has 0 aliphatic heterocycles. The zero-order chi connectivity index (χ0) is 22.9. The highest BCUT2D eigenvalue weighted by molar-refractivity contribution is 7.91. The lowest BCUT2D eigenvalue weighted by atomic mass is 10.1. The van der Waals surface area contributed by atoms with Crippen LogP contribution < -0.4 is 10.5 Å². The first kappa shape index (κ1) is 23.5. The van der Waals surface area contributed by atoms with Crippen LogP contribution in [-0.4, -0.2) is 20.1 Å². The van der Waals surface area contributed by atoms with Crippen LogP contribution >= 0.6 is 0 Å². The number of carbonyl (C=O) groups is 1. The first-order chi connectivity index (χ1) is 13.6. The number of halogens is 6. The van der Waals surface area contributed by atoms with E-state index in [0.717, 1.165) is 12.1 Å². The molecule has 2 aromatic carbocycles. The van der Waals surface area contributed by atoms with Crippen LogP contribution in [0.3, 0.4) is 0 Å². The van der Waals surface area contributed by atoms with E-state index in [1.54, 1.807) is 0 Å². The number of amides is 1. The molecule has 0 aliphatic rings. The van der Waals surface area contributed by atoms with E-state index in [0.29, 0.717) is 24.3 Å². The molecule has 0 saturated heterocycles. The number of ether oxygens (including phenoxy) is 1. The van der Waals surface area contributed by atoms with Crippen molar-refractivity contribution in [2.45, 2.75) is 30.6 Å². The van der Waals surface area contributed by atoms with E-state index in [-0.39, 0.29) is 5.56 Å². The number of rotatable bonds is 6. The Labute approximate surface area is 167 Å². The summed E-state index contributed by atoms with van der Waals surface area (Å²) in [7, 11) is -3.97. The van der Waals surface area contributed by atoms with E-state index in [4.69, 9.17) is 10.5 Å². The fourth-order valence-corrected chi connectivity index (χ4v) is 3.40. The normalized spacial score (nSPS) is 12.6. The third-order valence-electron chi connectivity index (χ3n) is 3.90. The van der Waals surface area contributed by atoms with Gasteiger partial charge < -0.3 is 10.5 Å². The van der Waals surface area contributed by atoms with Gasteiger partial charge in [-0.25, -0.2) is 8.42 Å². The lowest BCUT2D eigenvalue weighted by Crippen LogP contribution is -2.15. The predicted molar refractivity (Wildman–Crippen MR) is 93.6 cm³/mol. The summed E-state index contributed by atoms with van der Waals surface area (Å²) in [6, 6.07) is 3.95. The summed E-state index contributed by atoms with van der Waals surface area (Å²) in [5, 5.41) is 0. The molecule has 0 atom stereocenters. The fourth-order valence-electron chi connectivity index (χ4n) is 2.49. The van der Waals surface area contributed by atoms with Gasteiger partial charge >= 0.3 is 12.4 Å². The quantitative estimate of drug-likeness (QED) is 0.657. The number of nitrogens with two attached hydrogens (primary N) is 1. The third-order valence-corrected chi connectivity index (χ3v) is 5.63. The van der Waals surface area contributed by atoms with Crippen molar-refractivity contribution in [3.05, 3.63) is 53.1 Å². The van der Waals surface area contributed by atoms with Gasteiger partial charge in [-0.2, -0.15) is 26.3 Å². The van der Waals surface area contributed by atoms with Crippen molar-refractivity contribution >= 4 is 15.7 Å². The van der Waals surface area contributed by atoms with E-state index < -0.39 is 67.8 Å². The second-order valence-corrected chi connectivity index (χ2v) is 8.45. The van der Waals surface area contributed by atoms with Gasteiger partial charge in [-0.3, -0.25) is 4.79 Å². The van der Waals surface area contributed by atoms with E-state index in [9.17, 15) is 39.6 Å². The SMILES string of the molecule is CCS(=O)(=O)c1ccc(Oc2cc(CC(N)=O)cc(C(F)(F)F)c2)c(C(F)(F)F)c1. The smallest absolute Gasteiger partial charge is 0.420 e. The molecule has 0 aliphatic carbocycles. The lowest BCUT2D eigenvalue weighted by molar-refractivity contribution is -0.139. The van der Waals surface area contributed by atoms with E-state index in [2.05, 4.69) is 0 Å². The topological polar surface area (TPSA) is 86.5 Å². The Hall–Kier alpha value is -2.76. The van der Waals surface area contributed by atoms with Crippen molar-refractivity contribution in [2.75, 3.05) is 5.75 Å². The van der Waals surface area contributed by atoms with Crippen molar-refractivity contribution in [3.8, 4) is 11.5 Å². The number of hydrogen-bond donors (Lipinski definition) is 1. The highest BCUT2D eigenvalue weighted by Crippen LogP contribution is 2.41. The van der Waals surface area contributed by atoms with Crippen molar-refractivity contribution in [1.82, 2.24) is 0 Å². The first-order valence-corrected chi connectivity index (χ1v) is 9.90. The predicted octanol–water partition coefficient (Wildman–Crippen LogP) is 4.34.